The number of fused-ring (bicyclic) bond motifs is 2. The average Bonchev–Trinajstić information content (AvgIpc) is 2.17. The van der Waals surface area contributed by atoms with Crippen molar-refractivity contribution in [3.63, 3.8) is 0 Å². The number of allylic oxidation sites excluding steroid dienone is 1. The number of hydrogen-bond acceptors (Lipinski definition) is 1. The highest BCUT2D eigenvalue weighted by Gasteiger charge is 2.58. The monoisotopic (exact) mass is 233 g/mol. The maximum Gasteiger partial charge on any atom is 0.397 e. The van der Waals surface area contributed by atoms with Crippen LogP contribution < -0.4 is 5.32 Å². The summed E-state index contributed by atoms with van der Waals surface area (Å²) in [5, 5.41) is 2.76. The first-order chi connectivity index (χ1) is 7.29. The fourth-order valence-corrected chi connectivity index (χ4v) is 2.69. The number of carbonyl (C=O) groups is 1. The molecule has 0 aromatic heterocycles. The first kappa shape index (κ1) is 11.5. The number of alkyl halides is 3. The summed E-state index contributed by atoms with van der Waals surface area (Å²) in [6, 6.07) is 0. The van der Waals surface area contributed by atoms with Gasteiger partial charge in [0.25, 0.3) is 0 Å². The molecule has 1 amide bonds. The molecule has 2 nitrogen and oxygen atoms in total. The van der Waals surface area contributed by atoms with Crippen LogP contribution >= 0.6 is 0 Å². The van der Waals surface area contributed by atoms with E-state index in [1.165, 1.54) is 19.1 Å². The molecular weight excluding hydrogens is 219 g/mol. The maximum atomic E-state index is 12.9. The molecule has 5 heteroatoms. The zero-order valence-corrected chi connectivity index (χ0v) is 9.03. The van der Waals surface area contributed by atoms with E-state index in [-0.39, 0.29) is 18.7 Å². The van der Waals surface area contributed by atoms with E-state index in [1.54, 1.807) is 0 Å². The minimum Gasteiger partial charge on any atom is -0.347 e. The standard InChI is InChI=1S/C11H14F3NO/c1-8(16)15-10-5-2-9(3-6-10,4-7-10)11(12,13)14/h2,5H,3-4,6-7H2,1H3,(H,15,16). The minimum atomic E-state index is -4.17. The first-order valence-corrected chi connectivity index (χ1v) is 5.35. The minimum absolute atomic E-state index is 0.0767. The third kappa shape index (κ3) is 1.62. The van der Waals surface area contributed by atoms with Gasteiger partial charge in [-0.25, -0.2) is 0 Å². The lowest BCUT2D eigenvalue weighted by molar-refractivity contribution is -0.221. The Bertz CT molecular complexity index is 338. The Morgan fingerprint density at radius 1 is 1.19 bits per heavy atom. The zero-order valence-electron chi connectivity index (χ0n) is 9.03. The molecule has 0 saturated heterocycles. The van der Waals surface area contributed by atoms with Gasteiger partial charge < -0.3 is 5.32 Å². The third-order valence-electron chi connectivity index (χ3n) is 3.75. The Hall–Kier alpha value is -1.00. The molecule has 0 heterocycles. The van der Waals surface area contributed by atoms with Gasteiger partial charge in [-0.1, -0.05) is 12.2 Å². The number of amides is 1. The van der Waals surface area contributed by atoms with E-state index in [0.29, 0.717) is 12.8 Å². The summed E-state index contributed by atoms with van der Waals surface area (Å²) in [4.78, 5) is 11.0. The van der Waals surface area contributed by atoms with E-state index in [1.807, 2.05) is 0 Å². The van der Waals surface area contributed by atoms with E-state index >= 15 is 0 Å². The van der Waals surface area contributed by atoms with Crippen molar-refractivity contribution in [2.24, 2.45) is 5.41 Å². The number of hydrogen-bond donors (Lipinski definition) is 1. The molecule has 0 aromatic carbocycles. The van der Waals surface area contributed by atoms with E-state index in [2.05, 4.69) is 5.32 Å². The van der Waals surface area contributed by atoms with Crippen LogP contribution in [0, 0.1) is 5.41 Å². The zero-order chi connectivity index (χ0) is 12.0. The Balaban J connectivity index is 2.24. The van der Waals surface area contributed by atoms with E-state index in [9.17, 15) is 18.0 Å². The van der Waals surface area contributed by atoms with Gasteiger partial charge in [0.15, 0.2) is 0 Å². The van der Waals surface area contributed by atoms with Crippen molar-refractivity contribution in [3.8, 4) is 0 Å². The van der Waals surface area contributed by atoms with Gasteiger partial charge >= 0.3 is 6.18 Å². The van der Waals surface area contributed by atoms with Gasteiger partial charge in [-0.05, 0) is 25.7 Å². The molecule has 0 aliphatic heterocycles. The van der Waals surface area contributed by atoms with Gasteiger partial charge in [-0.3, -0.25) is 4.79 Å². The molecule has 1 saturated carbocycles. The van der Waals surface area contributed by atoms with Gasteiger partial charge in [0.05, 0.1) is 11.0 Å². The fraction of sp³-hybridized carbons (Fsp3) is 0.727. The number of rotatable bonds is 1. The van der Waals surface area contributed by atoms with Crippen LogP contribution in [-0.4, -0.2) is 17.6 Å². The lowest BCUT2D eigenvalue weighted by atomic mass is 9.61. The van der Waals surface area contributed by atoms with Crippen LogP contribution in [0.3, 0.4) is 0 Å². The van der Waals surface area contributed by atoms with Crippen LogP contribution in [0.4, 0.5) is 13.2 Å². The second kappa shape index (κ2) is 3.25. The summed E-state index contributed by atoms with van der Waals surface area (Å²) >= 11 is 0. The van der Waals surface area contributed by atoms with E-state index in [0.717, 1.165) is 0 Å². The van der Waals surface area contributed by atoms with Gasteiger partial charge in [0.2, 0.25) is 5.91 Å². The lowest BCUT2D eigenvalue weighted by Gasteiger charge is -2.49. The molecule has 0 aromatic rings. The Labute approximate surface area is 91.9 Å². The summed E-state index contributed by atoms with van der Waals surface area (Å²) in [7, 11) is 0. The van der Waals surface area contributed by atoms with Gasteiger partial charge in [0.1, 0.15) is 0 Å². The summed E-state index contributed by atoms with van der Waals surface area (Å²) in [6.45, 7) is 1.39. The smallest absolute Gasteiger partial charge is 0.347 e. The molecule has 16 heavy (non-hydrogen) atoms. The Morgan fingerprint density at radius 2 is 1.75 bits per heavy atom. The predicted octanol–water partition coefficient (Wildman–Crippen LogP) is 2.55. The van der Waals surface area contributed by atoms with Crippen molar-refractivity contribution in [2.45, 2.75) is 44.3 Å². The second-order valence-corrected chi connectivity index (χ2v) is 4.82. The molecule has 3 aliphatic carbocycles. The molecule has 3 aliphatic rings. The molecule has 1 N–H and O–H groups in total. The van der Waals surface area contributed by atoms with E-state index in [4.69, 9.17) is 0 Å². The van der Waals surface area contributed by atoms with Crippen LogP contribution in [-0.2, 0) is 4.79 Å². The molecular formula is C11H14F3NO. The average molecular weight is 233 g/mol. The van der Waals surface area contributed by atoms with Crippen molar-refractivity contribution in [1.82, 2.24) is 5.32 Å². The van der Waals surface area contributed by atoms with Crippen molar-refractivity contribution in [3.05, 3.63) is 12.2 Å². The fourth-order valence-electron chi connectivity index (χ4n) is 2.69. The summed E-state index contributed by atoms with van der Waals surface area (Å²) in [5.41, 5.74) is -2.17. The summed E-state index contributed by atoms with van der Waals surface area (Å²) in [5.74, 6) is -0.189. The largest absolute Gasteiger partial charge is 0.397 e. The van der Waals surface area contributed by atoms with Crippen molar-refractivity contribution >= 4 is 5.91 Å². The highest BCUT2D eigenvalue weighted by Crippen LogP contribution is 2.55. The van der Waals surface area contributed by atoms with Gasteiger partial charge in [-0.15, -0.1) is 0 Å². The number of nitrogens with one attached hydrogen (secondary N) is 1. The van der Waals surface area contributed by atoms with Crippen molar-refractivity contribution in [2.75, 3.05) is 0 Å². The molecule has 90 valence electrons. The topological polar surface area (TPSA) is 29.1 Å². The second-order valence-electron chi connectivity index (χ2n) is 4.82. The van der Waals surface area contributed by atoms with E-state index < -0.39 is 17.1 Å². The third-order valence-corrected chi connectivity index (χ3v) is 3.75. The number of carbonyl (C=O) groups excluding carboxylic acids is 1. The SMILES string of the molecule is CC(=O)NC12C=CC(C(F)(F)F)(CC1)CC2. The molecule has 0 unspecified atom stereocenters. The van der Waals surface area contributed by atoms with Crippen LogP contribution in [0.15, 0.2) is 12.2 Å². The Morgan fingerprint density at radius 3 is 2.06 bits per heavy atom. The van der Waals surface area contributed by atoms with Crippen LogP contribution in [0.1, 0.15) is 32.6 Å². The molecule has 2 bridgehead atoms. The molecule has 0 radical (unpaired) electrons. The van der Waals surface area contributed by atoms with Gasteiger partial charge in [-0.2, -0.15) is 13.2 Å². The molecule has 1 fully saturated rings. The normalized spacial score (nSPS) is 37.5. The van der Waals surface area contributed by atoms with Crippen molar-refractivity contribution < 1.29 is 18.0 Å². The molecule has 0 spiro atoms. The molecule has 3 rings (SSSR count). The number of halogens is 3. The van der Waals surface area contributed by atoms with Crippen LogP contribution in [0.25, 0.3) is 0 Å². The Kier molecular flexibility index (Phi) is 2.33. The molecule has 0 atom stereocenters. The highest BCUT2D eigenvalue weighted by atomic mass is 19.4. The van der Waals surface area contributed by atoms with Crippen molar-refractivity contribution in [1.29, 1.82) is 0 Å². The maximum absolute atomic E-state index is 12.9. The lowest BCUT2D eigenvalue weighted by Crippen LogP contribution is -2.56. The van der Waals surface area contributed by atoms with Crippen LogP contribution in [0.5, 0.6) is 0 Å². The van der Waals surface area contributed by atoms with Crippen LogP contribution in [0.2, 0.25) is 0 Å². The summed E-state index contributed by atoms with van der Waals surface area (Å²) < 4.78 is 38.6. The first-order valence-electron chi connectivity index (χ1n) is 5.35. The highest BCUT2D eigenvalue weighted by molar-refractivity contribution is 5.74. The quantitative estimate of drug-likeness (QED) is 0.693. The summed E-state index contributed by atoms with van der Waals surface area (Å²) in [6.07, 6.45) is -0.483. The predicted molar refractivity (Wildman–Crippen MR) is 52.6 cm³/mol. The van der Waals surface area contributed by atoms with Gasteiger partial charge in [0, 0.05) is 6.92 Å².